The fourth-order valence-corrected chi connectivity index (χ4v) is 3.78. The number of ether oxygens (including phenoxy) is 1. The molecule has 0 saturated carbocycles. The van der Waals surface area contributed by atoms with Crippen molar-refractivity contribution in [2.24, 2.45) is 16.6 Å². The molecule has 2 N–H and O–H groups in total. The zero-order valence-corrected chi connectivity index (χ0v) is 10.8. The van der Waals surface area contributed by atoms with Gasteiger partial charge < -0.3 is 10.5 Å². The van der Waals surface area contributed by atoms with Gasteiger partial charge in [0, 0.05) is 23.8 Å². The highest BCUT2D eigenvalue weighted by Crippen LogP contribution is 2.44. The number of rotatable bonds is 1. The molecule has 0 radical (unpaired) electrons. The van der Waals surface area contributed by atoms with Gasteiger partial charge in [0.1, 0.15) is 11.4 Å². The van der Waals surface area contributed by atoms with Crippen molar-refractivity contribution in [3.63, 3.8) is 0 Å². The monoisotopic (exact) mass is 266 g/mol. The summed E-state index contributed by atoms with van der Waals surface area (Å²) >= 11 is 1.55. The predicted octanol–water partition coefficient (Wildman–Crippen LogP) is 2.12. The number of nitrogens with two attached hydrogens (primary N) is 1. The van der Waals surface area contributed by atoms with Crippen molar-refractivity contribution in [3.05, 3.63) is 35.6 Å². The second-order valence-electron chi connectivity index (χ2n) is 4.70. The molecule has 1 fully saturated rings. The second-order valence-corrected chi connectivity index (χ2v) is 5.74. The molecule has 1 unspecified atom stereocenters. The molecule has 1 saturated heterocycles. The molecule has 2 aliphatic heterocycles. The molecule has 96 valence electrons. The lowest BCUT2D eigenvalue weighted by molar-refractivity contribution is 0.00301. The molecule has 18 heavy (non-hydrogen) atoms. The van der Waals surface area contributed by atoms with Crippen molar-refractivity contribution in [1.29, 1.82) is 0 Å². The third kappa shape index (κ3) is 1.82. The Morgan fingerprint density at radius 3 is 3.11 bits per heavy atom. The minimum Gasteiger partial charge on any atom is -0.379 e. The van der Waals surface area contributed by atoms with Crippen LogP contribution in [0.25, 0.3) is 0 Å². The van der Waals surface area contributed by atoms with E-state index < -0.39 is 5.54 Å². The van der Waals surface area contributed by atoms with Crippen LogP contribution < -0.4 is 5.73 Å². The maximum atomic E-state index is 14.1. The molecule has 0 bridgehead atoms. The molecule has 3 rings (SSSR count). The van der Waals surface area contributed by atoms with Crippen LogP contribution in [0, 0.1) is 11.7 Å². The van der Waals surface area contributed by atoms with Crippen LogP contribution >= 0.6 is 11.8 Å². The Balaban J connectivity index is 2.13. The summed E-state index contributed by atoms with van der Waals surface area (Å²) in [6.45, 7) is 1.14. The Labute approximate surface area is 110 Å². The first kappa shape index (κ1) is 12.0. The first-order chi connectivity index (χ1) is 8.72. The van der Waals surface area contributed by atoms with Crippen LogP contribution in [-0.2, 0) is 10.3 Å². The Hall–Kier alpha value is -1.07. The van der Waals surface area contributed by atoms with E-state index in [2.05, 4.69) is 4.99 Å². The quantitative estimate of drug-likeness (QED) is 0.847. The number of amidine groups is 1. The summed E-state index contributed by atoms with van der Waals surface area (Å²) in [5.41, 5.74) is 5.83. The van der Waals surface area contributed by atoms with Gasteiger partial charge in [-0.25, -0.2) is 9.38 Å². The van der Waals surface area contributed by atoms with Crippen LogP contribution in [0.1, 0.15) is 12.0 Å². The number of thioether (sulfide) groups is 1. The van der Waals surface area contributed by atoms with Gasteiger partial charge in [0.05, 0.1) is 6.61 Å². The van der Waals surface area contributed by atoms with Gasteiger partial charge in [-0.2, -0.15) is 0 Å². The molecule has 0 aliphatic carbocycles. The van der Waals surface area contributed by atoms with E-state index in [0.29, 0.717) is 23.3 Å². The van der Waals surface area contributed by atoms with Crippen LogP contribution in [0.15, 0.2) is 29.3 Å². The molecule has 1 aromatic rings. The van der Waals surface area contributed by atoms with Crippen molar-refractivity contribution >= 4 is 16.9 Å². The van der Waals surface area contributed by atoms with Gasteiger partial charge >= 0.3 is 0 Å². The second kappa shape index (κ2) is 4.55. The molecule has 0 spiro atoms. The summed E-state index contributed by atoms with van der Waals surface area (Å²) in [7, 11) is 0. The van der Waals surface area contributed by atoms with Gasteiger partial charge in [-0.15, -0.1) is 0 Å². The van der Waals surface area contributed by atoms with Crippen LogP contribution in [0.4, 0.5) is 4.39 Å². The number of benzene rings is 1. The molecular formula is C13H15FN2OS. The van der Waals surface area contributed by atoms with E-state index >= 15 is 0 Å². The maximum Gasteiger partial charge on any atom is 0.154 e. The SMILES string of the molecule is NC1=NC2(c3ccccc3F)COCC[C@@H]2CS1. The van der Waals surface area contributed by atoms with Gasteiger partial charge in [-0.3, -0.25) is 0 Å². The van der Waals surface area contributed by atoms with E-state index in [0.717, 1.165) is 18.8 Å². The Kier molecular flexibility index (Phi) is 3.03. The number of hydrogen-bond donors (Lipinski definition) is 1. The van der Waals surface area contributed by atoms with E-state index in [4.69, 9.17) is 10.5 Å². The number of hydrogen-bond acceptors (Lipinski definition) is 4. The van der Waals surface area contributed by atoms with Gasteiger partial charge in [0.2, 0.25) is 0 Å². The van der Waals surface area contributed by atoms with Crippen LogP contribution in [0.2, 0.25) is 0 Å². The summed E-state index contributed by atoms with van der Waals surface area (Å²) in [5, 5.41) is 0.528. The smallest absolute Gasteiger partial charge is 0.154 e. The van der Waals surface area contributed by atoms with Crippen molar-refractivity contribution < 1.29 is 9.13 Å². The predicted molar refractivity (Wildman–Crippen MR) is 71.1 cm³/mol. The van der Waals surface area contributed by atoms with Gasteiger partial charge in [0.25, 0.3) is 0 Å². The van der Waals surface area contributed by atoms with E-state index in [-0.39, 0.29) is 5.82 Å². The molecule has 0 amide bonds. The van der Waals surface area contributed by atoms with Crippen molar-refractivity contribution in [3.8, 4) is 0 Å². The lowest BCUT2D eigenvalue weighted by Crippen LogP contribution is -2.48. The summed E-state index contributed by atoms with van der Waals surface area (Å²) in [4.78, 5) is 4.56. The average Bonchev–Trinajstić information content (AvgIpc) is 2.38. The highest BCUT2D eigenvalue weighted by Gasteiger charge is 2.46. The molecule has 3 nitrogen and oxygen atoms in total. The third-order valence-electron chi connectivity index (χ3n) is 3.69. The Bertz CT molecular complexity index is 494. The van der Waals surface area contributed by atoms with E-state index in [9.17, 15) is 4.39 Å². The number of nitrogens with zero attached hydrogens (tertiary/aromatic N) is 1. The molecular weight excluding hydrogens is 251 g/mol. The number of aliphatic imine (C=N–C) groups is 1. The third-order valence-corrected chi connectivity index (χ3v) is 4.65. The fourth-order valence-electron chi connectivity index (χ4n) is 2.74. The lowest BCUT2D eigenvalue weighted by Gasteiger charge is -2.43. The van der Waals surface area contributed by atoms with Crippen LogP contribution in [0.5, 0.6) is 0 Å². The fraction of sp³-hybridized carbons (Fsp3) is 0.462. The van der Waals surface area contributed by atoms with Crippen LogP contribution in [-0.4, -0.2) is 24.1 Å². The van der Waals surface area contributed by atoms with Crippen molar-refractivity contribution in [2.75, 3.05) is 19.0 Å². The van der Waals surface area contributed by atoms with Gasteiger partial charge in [0.15, 0.2) is 5.17 Å². The van der Waals surface area contributed by atoms with E-state index in [1.807, 2.05) is 6.07 Å². The topological polar surface area (TPSA) is 47.6 Å². The van der Waals surface area contributed by atoms with Gasteiger partial charge in [-0.05, 0) is 12.5 Å². The first-order valence-electron chi connectivity index (χ1n) is 6.03. The molecule has 5 heteroatoms. The first-order valence-corrected chi connectivity index (χ1v) is 7.02. The zero-order chi connectivity index (χ0) is 12.6. The van der Waals surface area contributed by atoms with Gasteiger partial charge in [-0.1, -0.05) is 30.0 Å². The molecule has 2 aliphatic rings. The standard InChI is InChI=1S/C13H15FN2OS/c14-11-4-2-1-3-10(11)13-8-17-6-5-9(13)7-18-12(15)16-13/h1-4,9H,5-8H2,(H2,15,16)/t9-,13?/m1/s1. The molecule has 2 atom stereocenters. The minimum absolute atomic E-state index is 0.226. The molecule has 0 aromatic heterocycles. The minimum atomic E-state index is -0.626. The summed E-state index contributed by atoms with van der Waals surface area (Å²) in [5.74, 6) is 0.949. The number of halogens is 1. The Morgan fingerprint density at radius 2 is 2.28 bits per heavy atom. The molecule has 1 aromatic carbocycles. The summed E-state index contributed by atoms with van der Waals surface area (Å²) < 4.78 is 19.7. The average molecular weight is 266 g/mol. The summed E-state index contributed by atoms with van der Waals surface area (Å²) in [6, 6.07) is 6.80. The zero-order valence-electron chi connectivity index (χ0n) is 9.93. The number of fused-ring (bicyclic) bond motifs is 1. The van der Waals surface area contributed by atoms with Crippen LogP contribution in [0.3, 0.4) is 0 Å². The highest BCUT2D eigenvalue weighted by atomic mass is 32.2. The summed E-state index contributed by atoms with van der Waals surface area (Å²) in [6.07, 6.45) is 0.901. The lowest BCUT2D eigenvalue weighted by atomic mass is 9.76. The van der Waals surface area contributed by atoms with E-state index in [1.165, 1.54) is 6.07 Å². The highest BCUT2D eigenvalue weighted by molar-refractivity contribution is 8.13. The normalized spacial score (nSPS) is 31.6. The largest absolute Gasteiger partial charge is 0.379 e. The van der Waals surface area contributed by atoms with E-state index in [1.54, 1.807) is 23.9 Å². The molecule has 2 heterocycles. The van der Waals surface area contributed by atoms with Crippen molar-refractivity contribution in [2.45, 2.75) is 12.0 Å². The van der Waals surface area contributed by atoms with Crippen molar-refractivity contribution in [1.82, 2.24) is 0 Å². The maximum absolute atomic E-state index is 14.1. The Morgan fingerprint density at radius 1 is 1.44 bits per heavy atom.